The molecule has 1 heterocycles. The lowest BCUT2D eigenvalue weighted by atomic mass is 10.1. The molecule has 1 aromatic heterocycles. The van der Waals surface area contributed by atoms with Crippen LogP contribution >= 0.6 is 0 Å². The lowest BCUT2D eigenvalue weighted by Crippen LogP contribution is -2.14. The molecule has 22 heavy (non-hydrogen) atoms. The topological polar surface area (TPSA) is 51.1 Å². The van der Waals surface area contributed by atoms with Crippen LogP contribution in [0.15, 0.2) is 46.2 Å². The van der Waals surface area contributed by atoms with Crippen LogP contribution in [0.5, 0.6) is 0 Å². The van der Waals surface area contributed by atoms with Crippen molar-refractivity contribution >= 4 is 16.5 Å². The van der Waals surface area contributed by atoms with Crippen molar-refractivity contribution in [3.8, 4) is 11.1 Å². The third-order valence-electron chi connectivity index (χ3n) is 4.00. The van der Waals surface area contributed by atoms with Gasteiger partial charge >= 0.3 is 0 Å². The second kappa shape index (κ2) is 6.08. The molecule has 0 spiro atoms. The van der Waals surface area contributed by atoms with E-state index in [1.54, 1.807) is 23.9 Å². The Kier molecular flexibility index (Phi) is 4.16. The van der Waals surface area contributed by atoms with Gasteiger partial charge in [0.05, 0.1) is 0 Å². The fraction of sp³-hybridized carbons (Fsp3) is 0.353. The van der Waals surface area contributed by atoms with Crippen molar-refractivity contribution in [2.45, 2.75) is 17.7 Å². The highest BCUT2D eigenvalue weighted by atomic mass is 32.2. The van der Waals surface area contributed by atoms with Crippen molar-refractivity contribution in [1.82, 2.24) is 4.57 Å². The van der Waals surface area contributed by atoms with Gasteiger partial charge in [0.25, 0.3) is 0 Å². The average Bonchev–Trinajstić information content (AvgIpc) is 3.32. The molecular formula is C17H20N2O2S. The van der Waals surface area contributed by atoms with Gasteiger partial charge in [0.15, 0.2) is 0 Å². The first-order valence-corrected chi connectivity index (χ1v) is 8.99. The van der Waals surface area contributed by atoms with E-state index >= 15 is 0 Å². The normalized spacial score (nSPS) is 15.5. The van der Waals surface area contributed by atoms with E-state index < -0.39 is 10.8 Å². The van der Waals surface area contributed by atoms with Gasteiger partial charge in [-0.15, -0.1) is 0 Å². The van der Waals surface area contributed by atoms with Gasteiger partial charge in [-0.05, 0) is 43.0 Å². The molecule has 3 rings (SSSR count). The van der Waals surface area contributed by atoms with Crippen molar-refractivity contribution in [3.63, 3.8) is 0 Å². The predicted octanol–water partition coefficient (Wildman–Crippen LogP) is 2.61. The van der Waals surface area contributed by atoms with E-state index in [4.69, 9.17) is 0 Å². The molecule has 1 aliphatic carbocycles. The number of hydrogen-bond acceptors (Lipinski definition) is 3. The first-order chi connectivity index (χ1) is 10.5. The van der Waals surface area contributed by atoms with E-state index in [0.717, 1.165) is 34.2 Å². The van der Waals surface area contributed by atoms with Gasteiger partial charge in [0.1, 0.15) is 0 Å². The van der Waals surface area contributed by atoms with E-state index in [2.05, 4.69) is 5.32 Å². The van der Waals surface area contributed by atoms with Crippen LogP contribution in [0.3, 0.4) is 0 Å². The number of anilines is 1. The zero-order chi connectivity index (χ0) is 15.7. The minimum Gasteiger partial charge on any atom is -0.384 e. The minimum atomic E-state index is -1.03. The first kappa shape index (κ1) is 15.0. The van der Waals surface area contributed by atoms with Crippen LogP contribution in [0.25, 0.3) is 11.1 Å². The molecular weight excluding hydrogens is 296 g/mol. The van der Waals surface area contributed by atoms with Crippen molar-refractivity contribution in [3.05, 3.63) is 46.9 Å². The Morgan fingerprint density at radius 3 is 2.68 bits per heavy atom. The van der Waals surface area contributed by atoms with Crippen LogP contribution < -0.4 is 10.9 Å². The van der Waals surface area contributed by atoms with Crippen LogP contribution in [-0.2, 0) is 17.8 Å². The fourth-order valence-corrected chi connectivity index (χ4v) is 2.97. The molecule has 1 unspecified atom stereocenters. The molecule has 116 valence electrons. The Hall–Kier alpha value is -1.88. The summed E-state index contributed by atoms with van der Waals surface area (Å²) in [6, 6.07) is 9.22. The van der Waals surface area contributed by atoms with Crippen LogP contribution in [0, 0.1) is 5.92 Å². The smallest absolute Gasteiger partial charge is 0.250 e. The molecule has 1 aliphatic rings. The predicted molar refractivity (Wildman–Crippen MR) is 90.7 cm³/mol. The summed E-state index contributed by atoms with van der Waals surface area (Å²) in [5, 5.41) is 3.49. The lowest BCUT2D eigenvalue weighted by molar-refractivity contribution is 0.687. The van der Waals surface area contributed by atoms with Gasteiger partial charge < -0.3 is 9.88 Å². The standard InChI is InChI=1S/C17H20N2O2S/c1-19-11-13(5-8-17(19)20)15-9-14(22(2)21)6-7-16(15)18-10-12-3-4-12/h5-9,11-12,18H,3-4,10H2,1-2H3. The summed E-state index contributed by atoms with van der Waals surface area (Å²) in [4.78, 5) is 12.4. The van der Waals surface area contributed by atoms with E-state index in [9.17, 15) is 9.00 Å². The molecule has 1 atom stereocenters. The summed E-state index contributed by atoms with van der Waals surface area (Å²) < 4.78 is 13.3. The van der Waals surface area contributed by atoms with Gasteiger partial charge in [-0.25, -0.2) is 0 Å². The lowest BCUT2D eigenvalue weighted by Gasteiger charge is -2.14. The number of nitrogens with zero attached hydrogens (tertiary/aromatic N) is 1. The number of nitrogens with one attached hydrogen (secondary N) is 1. The van der Waals surface area contributed by atoms with Crippen molar-refractivity contribution in [2.75, 3.05) is 18.1 Å². The number of rotatable bonds is 5. The second-order valence-corrected chi connectivity index (χ2v) is 7.23. The van der Waals surface area contributed by atoms with Gasteiger partial charge in [0, 0.05) is 64.6 Å². The number of pyridine rings is 1. The summed E-state index contributed by atoms with van der Waals surface area (Å²) in [5.41, 5.74) is 2.93. The maximum atomic E-state index is 11.8. The summed E-state index contributed by atoms with van der Waals surface area (Å²) in [6.07, 6.45) is 6.08. The molecule has 1 saturated carbocycles. The Morgan fingerprint density at radius 2 is 2.05 bits per heavy atom. The number of aryl methyl sites for hydroxylation is 1. The molecule has 2 aromatic rings. The third-order valence-corrected chi connectivity index (χ3v) is 4.92. The molecule has 0 radical (unpaired) electrons. The first-order valence-electron chi connectivity index (χ1n) is 7.43. The van der Waals surface area contributed by atoms with Crippen LogP contribution in [-0.4, -0.2) is 21.6 Å². The Bertz CT molecular complexity index is 778. The van der Waals surface area contributed by atoms with Crippen LogP contribution in [0.1, 0.15) is 12.8 Å². The molecule has 0 saturated heterocycles. The molecule has 0 bridgehead atoms. The fourth-order valence-electron chi connectivity index (χ4n) is 2.42. The van der Waals surface area contributed by atoms with E-state index in [-0.39, 0.29) is 5.56 Å². The van der Waals surface area contributed by atoms with Crippen LogP contribution in [0.4, 0.5) is 5.69 Å². The van der Waals surface area contributed by atoms with Crippen molar-refractivity contribution in [1.29, 1.82) is 0 Å². The van der Waals surface area contributed by atoms with E-state index in [0.29, 0.717) is 0 Å². The van der Waals surface area contributed by atoms with Gasteiger partial charge in [0.2, 0.25) is 5.56 Å². The van der Waals surface area contributed by atoms with Gasteiger partial charge in [-0.2, -0.15) is 0 Å². The van der Waals surface area contributed by atoms with Gasteiger partial charge in [-0.3, -0.25) is 9.00 Å². The molecule has 1 fully saturated rings. The highest BCUT2D eigenvalue weighted by Gasteiger charge is 2.21. The monoisotopic (exact) mass is 316 g/mol. The minimum absolute atomic E-state index is 0.0357. The molecule has 0 amide bonds. The number of benzene rings is 1. The zero-order valence-electron chi connectivity index (χ0n) is 12.8. The maximum Gasteiger partial charge on any atom is 0.250 e. The summed E-state index contributed by atoms with van der Waals surface area (Å²) in [5.74, 6) is 0.771. The Morgan fingerprint density at radius 1 is 1.27 bits per heavy atom. The van der Waals surface area contributed by atoms with Crippen molar-refractivity contribution in [2.24, 2.45) is 13.0 Å². The van der Waals surface area contributed by atoms with E-state index in [1.165, 1.54) is 12.8 Å². The van der Waals surface area contributed by atoms with Crippen molar-refractivity contribution < 1.29 is 4.21 Å². The van der Waals surface area contributed by atoms with Crippen LogP contribution in [0.2, 0.25) is 0 Å². The molecule has 5 heteroatoms. The average molecular weight is 316 g/mol. The quantitative estimate of drug-likeness (QED) is 0.922. The third kappa shape index (κ3) is 3.30. The summed E-state index contributed by atoms with van der Waals surface area (Å²) in [6.45, 7) is 0.966. The second-order valence-electron chi connectivity index (χ2n) is 5.85. The number of hydrogen-bond donors (Lipinski definition) is 1. The molecule has 0 aliphatic heterocycles. The maximum absolute atomic E-state index is 11.8. The Labute approximate surface area is 132 Å². The van der Waals surface area contributed by atoms with E-state index in [1.807, 2.05) is 30.5 Å². The highest BCUT2D eigenvalue weighted by molar-refractivity contribution is 7.84. The van der Waals surface area contributed by atoms with Gasteiger partial charge in [-0.1, -0.05) is 0 Å². The SMILES string of the molecule is Cn1cc(-c2cc(S(C)=O)ccc2NCC2CC2)ccc1=O. The largest absolute Gasteiger partial charge is 0.384 e. The highest BCUT2D eigenvalue weighted by Crippen LogP contribution is 2.33. The zero-order valence-corrected chi connectivity index (χ0v) is 13.7. The summed E-state index contributed by atoms with van der Waals surface area (Å²) in [7, 11) is 0.713. The Balaban J connectivity index is 2.03. The summed E-state index contributed by atoms with van der Waals surface area (Å²) >= 11 is 0. The molecule has 4 nitrogen and oxygen atoms in total. The molecule has 1 N–H and O–H groups in total. The number of aromatic nitrogens is 1. The molecule has 1 aromatic carbocycles.